The van der Waals surface area contributed by atoms with Gasteiger partial charge in [-0.15, -0.1) is 0 Å². The van der Waals surface area contributed by atoms with E-state index in [1.165, 1.54) is 0 Å². The molecule has 0 aromatic rings. The maximum Gasteiger partial charge on any atom is 0.220 e. The Labute approximate surface area is 95.8 Å². The number of hydrogen-bond donors (Lipinski definition) is 1. The van der Waals surface area contributed by atoms with E-state index < -0.39 is 6.04 Å². The number of carbonyl (C=O) groups is 3. The summed E-state index contributed by atoms with van der Waals surface area (Å²) in [6.07, 6.45) is 4.31. The zero-order valence-electron chi connectivity index (χ0n) is 9.75. The van der Waals surface area contributed by atoms with Crippen molar-refractivity contribution in [2.75, 3.05) is 0 Å². The second-order valence-corrected chi connectivity index (χ2v) is 4.30. The van der Waals surface area contributed by atoms with Gasteiger partial charge in [0.25, 0.3) is 0 Å². The second kappa shape index (κ2) is 6.40. The van der Waals surface area contributed by atoms with E-state index in [-0.39, 0.29) is 23.9 Å². The number of ketones is 2. The maximum atomic E-state index is 11.5. The molecule has 0 spiro atoms. The predicted molar refractivity (Wildman–Crippen MR) is 59.9 cm³/mol. The minimum atomic E-state index is -0.424. The van der Waals surface area contributed by atoms with Gasteiger partial charge in [0, 0.05) is 12.8 Å². The highest BCUT2D eigenvalue weighted by molar-refractivity contribution is 6.05. The number of hydrogen-bond acceptors (Lipinski definition) is 3. The fraction of sp³-hybridized carbons (Fsp3) is 0.750. The fourth-order valence-electron chi connectivity index (χ4n) is 1.83. The van der Waals surface area contributed by atoms with Gasteiger partial charge in [0.15, 0.2) is 5.78 Å². The van der Waals surface area contributed by atoms with Crippen LogP contribution in [-0.4, -0.2) is 23.5 Å². The molecule has 0 aromatic carbocycles. The van der Waals surface area contributed by atoms with Crippen molar-refractivity contribution in [3.63, 3.8) is 0 Å². The topological polar surface area (TPSA) is 63.2 Å². The summed E-state index contributed by atoms with van der Waals surface area (Å²) in [4.78, 5) is 33.9. The summed E-state index contributed by atoms with van der Waals surface area (Å²) in [5, 5.41) is 2.71. The van der Waals surface area contributed by atoms with Gasteiger partial charge >= 0.3 is 0 Å². The monoisotopic (exact) mass is 225 g/mol. The Balaban J connectivity index is 2.28. The van der Waals surface area contributed by atoms with Gasteiger partial charge in [-0.05, 0) is 12.8 Å². The average Bonchev–Trinajstić information content (AvgIpc) is 2.23. The highest BCUT2D eigenvalue weighted by Crippen LogP contribution is 2.12. The van der Waals surface area contributed by atoms with Crippen LogP contribution in [0.2, 0.25) is 0 Å². The Morgan fingerprint density at radius 3 is 2.75 bits per heavy atom. The molecule has 1 unspecified atom stereocenters. The average molecular weight is 225 g/mol. The van der Waals surface area contributed by atoms with E-state index >= 15 is 0 Å². The van der Waals surface area contributed by atoms with Crippen molar-refractivity contribution < 1.29 is 14.4 Å². The van der Waals surface area contributed by atoms with E-state index in [2.05, 4.69) is 12.2 Å². The van der Waals surface area contributed by atoms with E-state index in [1.54, 1.807) is 0 Å². The van der Waals surface area contributed by atoms with Gasteiger partial charge in [-0.25, -0.2) is 0 Å². The Kier molecular flexibility index (Phi) is 5.15. The van der Waals surface area contributed by atoms with E-state index in [0.29, 0.717) is 19.3 Å². The highest BCUT2D eigenvalue weighted by Gasteiger charge is 2.27. The van der Waals surface area contributed by atoms with Crippen LogP contribution in [0.4, 0.5) is 0 Å². The van der Waals surface area contributed by atoms with Gasteiger partial charge in [0.05, 0.1) is 12.5 Å². The van der Waals surface area contributed by atoms with Gasteiger partial charge in [-0.3, -0.25) is 14.4 Å². The Morgan fingerprint density at radius 1 is 1.38 bits per heavy atom. The minimum absolute atomic E-state index is 0.0125. The zero-order chi connectivity index (χ0) is 12.0. The molecule has 1 amide bonds. The smallest absolute Gasteiger partial charge is 0.220 e. The first-order chi connectivity index (χ1) is 7.63. The zero-order valence-corrected chi connectivity index (χ0v) is 9.75. The van der Waals surface area contributed by atoms with Gasteiger partial charge in [0.2, 0.25) is 5.91 Å². The first-order valence-corrected chi connectivity index (χ1v) is 5.97. The largest absolute Gasteiger partial charge is 0.346 e. The molecular weight excluding hydrogens is 206 g/mol. The van der Waals surface area contributed by atoms with Crippen LogP contribution in [0, 0.1) is 0 Å². The van der Waals surface area contributed by atoms with Crippen LogP contribution in [0.15, 0.2) is 0 Å². The van der Waals surface area contributed by atoms with Gasteiger partial charge in [0.1, 0.15) is 5.78 Å². The molecule has 0 bridgehead atoms. The molecular formula is C12H19NO3. The van der Waals surface area contributed by atoms with Gasteiger partial charge in [-0.1, -0.05) is 19.8 Å². The first kappa shape index (κ1) is 12.9. The van der Waals surface area contributed by atoms with E-state index in [1.807, 2.05) is 0 Å². The summed E-state index contributed by atoms with van der Waals surface area (Å²) in [6.45, 7) is 2.08. The molecule has 1 saturated carbocycles. The number of Topliss-reactive ketones (excluding diaryl/α,β-unsaturated/α-hetero) is 2. The van der Waals surface area contributed by atoms with Gasteiger partial charge in [-0.2, -0.15) is 0 Å². The van der Waals surface area contributed by atoms with Crippen molar-refractivity contribution in [3.8, 4) is 0 Å². The van der Waals surface area contributed by atoms with Crippen molar-refractivity contribution in [2.24, 2.45) is 0 Å². The number of amides is 1. The normalized spacial score (nSPS) is 20.9. The van der Waals surface area contributed by atoms with Crippen LogP contribution in [0.25, 0.3) is 0 Å². The molecule has 4 heteroatoms. The van der Waals surface area contributed by atoms with E-state index in [9.17, 15) is 14.4 Å². The lowest BCUT2D eigenvalue weighted by Gasteiger charge is -2.20. The van der Waals surface area contributed by atoms with Gasteiger partial charge < -0.3 is 5.32 Å². The second-order valence-electron chi connectivity index (χ2n) is 4.30. The summed E-state index contributed by atoms with van der Waals surface area (Å²) in [7, 11) is 0. The molecule has 0 radical (unpaired) electrons. The highest BCUT2D eigenvalue weighted by atomic mass is 16.2. The molecule has 1 aliphatic carbocycles. The third-order valence-electron chi connectivity index (χ3n) is 2.81. The number of nitrogens with one attached hydrogen (secondary N) is 1. The number of carbonyl (C=O) groups excluding carboxylic acids is 3. The third-order valence-corrected chi connectivity index (χ3v) is 2.81. The molecule has 0 saturated heterocycles. The maximum absolute atomic E-state index is 11.5. The van der Waals surface area contributed by atoms with Crippen LogP contribution in [0.5, 0.6) is 0 Å². The van der Waals surface area contributed by atoms with E-state index in [4.69, 9.17) is 0 Å². The molecule has 16 heavy (non-hydrogen) atoms. The minimum Gasteiger partial charge on any atom is -0.346 e. The molecule has 0 heterocycles. The molecule has 0 aliphatic heterocycles. The molecule has 1 rings (SSSR count). The van der Waals surface area contributed by atoms with Crippen molar-refractivity contribution >= 4 is 17.5 Å². The lowest BCUT2D eigenvalue weighted by Crippen LogP contribution is -2.44. The Hall–Kier alpha value is -1.19. The Bertz CT molecular complexity index is 286. The summed E-state index contributed by atoms with van der Waals surface area (Å²) in [5.41, 5.74) is 0. The molecule has 1 N–H and O–H groups in total. The fourth-order valence-corrected chi connectivity index (χ4v) is 1.83. The molecule has 1 fully saturated rings. The molecule has 0 aromatic heterocycles. The van der Waals surface area contributed by atoms with Crippen LogP contribution in [-0.2, 0) is 14.4 Å². The first-order valence-electron chi connectivity index (χ1n) is 5.97. The van der Waals surface area contributed by atoms with Crippen molar-refractivity contribution in [3.05, 3.63) is 0 Å². The molecule has 1 aliphatic rings. The lowest BCUT2D eigenvalue weighted by molar-refractivity contribution is -0.134. The Morgan fingerprint density at radius 2 is 2.12 bits per heavy atom. The standard InChI is InChI=1S/C12H19NO3/c1-2-3-4-5-12(16)13-10-7-6-9(14)8-11(10)15/h10H,2-8H2,1H3,(H,13,16). The number of rotatable bonds is 5. The quantitative estimate of drug-likeness (QED) is 0.568. The van der Waals surface area contributed by atoms with Crippen LogP contribution in [0.3, 0.4) is 0 Å². The van der Waals surface area contributed by atoms with E-state index in [0.717, 1.165) is 19.3 Å². The van der Waals surface area contributed by atoms with Crippen LogP contribution in [0.1, 0.15) is 51.9 Å². The summed E-state index contributed by atoms with van der Waals surface area (Å²) in [6, 6.07) is -0.424. The SMILES string of the molecule is CCCCCC(=O)NC1CCC(=O)CC1=O. The van der Waals surface area contributed by atoms with Crippen LogP contribution < -0.4 is 5.32 Å². The molecule has 4 nitrogen and oxygen atoms in total. The summed E-state index contributed by atoms with van der Waals surface area (Å²) < 4.78 is 0. The molecule has 1 atom stereocenters. The molecule has 90 valence electrons. The lowest BCUT2D eigenvalue weighted by atomic mass is 9.93. The summed E-state index contributed by atoms with van der Waals surface area (Å²) in [5.74, 6) is -0.220. The third kappa shape index (κ3) is 4.13. The van der Waals surface area contributed by atoms with Crippen molar-refractivity contribution in [1.29, 1.82) is 0 Å². The van der Waals surface area contributed by atoms with Crippen molar-refractivity contribution in [1.82, 2.24) is 5.32 Å². The van der Waals surface area contributed by atoms with Crippen molar-refractivity contribution in [2.45, 2.75) is 57.9 Å². The predicted octanol–water partition coefficient (Wildman–Crippen LogP) is 1.37. The number of unbranched alkanes of at least 4 members (excludes halogenated alkanes) is 2. The van der Waals surface area contributed by atoms with Crippen LogP contribution >= 0.6 is 0 Å². The summed E-state index contributed by atoms with van der Waals surface area (Å²) >= 11 is 0.